The molecule has 1 aromatic heterocycles. The predicted molar refractivity (Wildman–Crippen MR) is 69.2 cm³/mol. The quantitative estimate of drug-likeness (QED) is 0.915. The van der Waals surface area contributed by atoms with Gasteiger partial charge < -0.3 is 10.3 Å². The Morgan fingerprint density at radius 1 is 1.35 bits per heavy atom. The number of aromatic nitrogens is 1. The van der Waals surface area contributed by atoms with E-state index in [1.165, 1.54) is 0 Å². The molecule has 0 saturated heterocycles. The maximum Gasteiger partial charge on any atom is 0.154 e. The van der Waals surface area contributed by atoms with Crippen molar-refractivity contribution in [2.45, 2.75) is 19.4 Å². The van der Waals surface area contributed by atoms with Gasteiger partial charge in [0.25, 0.3) is 0 Å². The minimum absolute atomic E-state index is 0.144. The van der Waals surface area contributed by atoms with Crippen molar-refractivity contribution in [2.75, 3.05) is 0 Å². The van der Waals surface area contributed by atoms with E-state index in [1.54, 1.807) is 24.3 Å². The van der Waals surface area contributed by atoms with Crippen molar-refractivity contribution >= 4 is 23.2 Å². The summed E-state index contributed by atoms with van der Waals surface area (Å²) >= 11 is 12.0. The fourth-order valence-corrected chi connectivity index (χ4v) is 1.87. The average Bonchev–Trinajstić information content (AvgIpc) is 2.80. The molecule has 3 nitrogen and oxygen atoms in total. The molecule has 0 saturated carbocycles. The Kier molecular flexibility index (Phi) is 3.72. The molecule has 1 unspecified atom stereocenters. The van der Waals surface area contributed by atoms with Gasteiger partial charge in [-0.25, -0.2) is 0 Å². The van der Waals surface area contributed by atoms with Crippen molar-refractivity contribution in [3.8, 4) is 11.3 Å². The highest BCUT2D eigenvalue weighted by atomic mass is 35.5. The van der Waals surface area contributed by atoms with Crippen LogP contribution >= 0.6 is 23.2 Å². The van der Waals surface area contributed by atoms with Crippen molar-refractivity contribution in [1.29, 1.82) is 0 Å². The molecule has 1 aromatic carbocycles. The maximum atomic E-state index is 6.08. The number of hydrogen-bond donors (Lipinski definition) is 1. The average molecular weight is 271 g/mol. The molecule has 90 valence electrons. The molecule has 0 aliphatic heterocycles. The first-order valence-corrected chi connectivity index (χ1v) is 6.05. The zero-order valence-corrected chi connectivity index (χ0v) is 10.8. The van der Waals surface area contributed by atoms with E-state index in [9.17, 15) is 0 Å². The van der Waals surface area contributed by atoms with E-state index in [0.717, 1.165) is 12.0 Å². The molecule has 0 aliphatic rings. The van der Waals surface area contributed by atoms with Crippen LogP contribution in [0.5, 0.6) is 0 Å². The predicted octanol–water partition coefficient (Wildman–Crippen LogP) is 4.06. The summed E-state index contributed by atoms with van der Waals surface area (Å²) in [5.41, 5.74) is 7.26. The molecule has 1 atom stereocenters. The van der Waals surface area contributed by atoms with Crippen LogP contribution in [0, 0.1) is 0 Å². The second-order valence-electron chi connectivity index (χ2n) is 3.75. The third-order valence-electron chi connectivity index (χ3n) is 2.54. The lowest BCUT2D eigenvalue weighted by Crippen LogP contribution is -2.06. The molecule has 0 bridgehead atoms. The van der Waals surface area contributed by atoms with Crippen LogP contribution < -0.4 is 5.73 Å². The maximum absolute atomic E-state index is 6.08. The SMILES string of the molecule is CCC(N)c1cc(-c2cc(Cl)ccc2Cl)no1. The summed E-state index contributed by atoms with van der Waals surface area (Å²) < 4.78 is 5.19. The molecule has 17 heavy (non-hydrogen) atoms. The highest BCUT2D eigenvalue weighted by Crippen LogP contribution is 2.31. The summed E-state index contributed by atoms with van der Waals surface area (Å²) in [7, 11) is 0. The van der Waals surface area contributed by atoms with E-state index in [-0.39, 0.29) is 6.04 Å². The van der Waals surface area contributed by atoms with E-state index in [0.29, 0.717) is 21.5 Å². The molecule has 2 aromatic rings. The van der Waals surface area contributed by atoms with Crippen LogP contribution in [0.15, 0.2) is 28.8 Å². The summed E-state index contributed by atoms with van der Waals surface area (Å²) in [4.78, 5) is 0. The van der Waals surface area contributed by atoms with Crippen LogP contribution in [0.25, 0.3) is 11.3 Å². The number of hydrogen-bond acceptors (Lipinski definition) is 3. The van der Waals surface area contributed by atoms with Gasteiger partial charge in [0.05, 0.1) is 11.1 Å². The summed E-state index contributed by atoms with van der Waals surface area (Å²) in [5.74, 6) is 0.651. The molecular weight excluding hydrogens is 259 g/mol. The van der Waals surface area contributed by atoms with Gasteiger partial charge in [-0.2, -0.15) is 0 Å². The van der Waals surface area contributed by atoms with Crippen molar-refractivity contribution < 1.29 is 4.52 Å². The van der Waals surface area contributed by atoms with Crippen molar-refractivity contribution in [3.63, 3.8) is 0 Å². The molecule has 2 N–H and O–H groups in total. The van der Waals surface area contributed by atoms with Gasteiger partial charge in [-0.3, -0.25) is 0 Å². The van der Waals surface area contributed by atoms with Gasteiger partial charge in [0, 0.05) is 16.7 Å². The summed E-state index contributed by atoms with van der Waals surface area (Å²) in [6.45, 7) is 1.99. The fourth-order valence-electron chi connectivity index (χ4n) is 1.49. The van der Waals surface area contributed by atoms with Gasteiger partial charge in [0.1, 0.15) is 5.69 Å². The second-order valence-corrected chi connectivity index (χ2v) is 4.60. The molecule has 0 aliphatic carbocycles. The van der Waals surface area contributed by atoms with Gasteiger partial charge in [-0.15, -0.1) is 0 Å². The molecular formula is C12H12Cl2N2O. The zero-order chi connectivity index (χ0) is 12.4. The van der Waals surface area contributed by atoms with E-state index in [1.807, 2.05) is 6.92 Å². The Labute approximate surface area is 109 Å². The van der Waals surface area contributed by atoms with Crippen molar-refractivity contribution in [3.05, 3.63) is 40.1 Å². The zero-order valence-electron chi connectivity index (χ0n) is 9.28. The molecule has 0 radical (unpaired) electrons. The van der Waals surface area contributed by atoms with Gasteiger partial charge in [-0.1, -0.05) is 35.3 Å². The molecule has 0 spiro atoms. The van der Waals surface area contributed by atoms with Gasteiger partial charge in [0.15, 0.2) is 5.76 Å². The van der Waals surface area contributed by atoms with E-state index >= 15 is 0 Å². The van der Waals surface area contributed by atoms with Crippen molar-refractivity contribution in [1.82, 2.24) is 5.16 Å². The fraction of sp³-hybridized carbons (Fsp3) is 0.250. The Morgan fingerprint density at radius 3 is 2.82 bits per heavy atom. The lowest BCUT2D eigenvalue weighted by Gasteiger charge is -2.01. The van der Waals surface area contributed by atoms with Crippen LogP contribution in [0.4, 0.5) is 0 Å². The monoisotopic (exact) mass is 270 g/mol. The summed E-state index contributed by atoms with van der Waals surface area (Å²) in [6, 6.07) is 6.86. The third kappa shape index (κ3) is 2.63. The molecule has 0 fully saturated rings. The Morgan fingerprint density at radius 2 is 2.12 bits per heavy atom. The van der Waals surface area contributed by atoms with Crippen LogP contribution in [0.1, 0.15) is 25.1 Å². The Hall–Kier alpha value is -1.03. The number of nitrogens with zero attached hydrogens (tertiary/aromatic N) is 1. The normalized spacial score (nSPS) is 12.7. The first-order valence-electron chi connectivity index (χ1n) is 5.29. The van der Waals surface area contributed by atoms with Gasteiger partial charge in [0.2, 0.25) is 0 Å². The number of rotatable bonds is 3. The van der Waals surface area contributed by atoms with Gasteiger partial charge in [-0.05, 0) is 24.6 Å². The first kappa shape index (κ1) is 12.4. The topological polar surface area (TPSA) is 52.0 Å². The Bertz CT molecular complexity index is 525. The van der Waals surface area contributed by atoms with Crippen molar-refractivity contribution in [2.24, 2.45) is 5.73 Å². The lowest BCUT2D eigenvalue weighted by atomic mass is 10.1. The standard InChI is InChI=1S/C12H12Cl2N2O/c1-2-10(15)12-6-11(16-17-12)8-5-7(13)3-4-9(8)14/h3-6,10H,2,15H2,1H3. The second kappa shape index (κ2) is 5.08. The lowest BCUT2D eigenvalue weighted by molar-refractivity contribution is 0.360. The molecule has 2 rings (SSSR count). The highest BCUT2D eigenvalue weighted by molar-refractivity contribution is 6.35. The number of benzene rings is 1. The molecule has 1 heterocycles. The third-order valence-corrected chi connectivity index (χ3v) is 3.10. The van der Waals surface area contributed by atoms with Crippen LogP contribution in [0.3, 0.4) is 0 Å². The van der Waals surface area contributed by atoms with Gasteiger partial charge >= 0.3 is 0 Å². The van der Waals surface area contributed by atoms with Crippen LogP contribution in [-0.2, 0) is 0 Å². The molecule has 5 heteroatoms. The molecule has 0 amide bonds. The number of halogens is 2. The summed E-state index contributed by atoms with van der Waals surface area (Å²) in [6.07, 6.45) is 0.790. The van der Waals surface area contributed by atoms with Crippen LogP contribution in [-0.4, -0.2) is 5.16 Å². The number of nitrogens with two attached hydrogens (primary N) is 1. The van der Waals surface area contributed by atoms with Crippen LogP contribution in [0.2, 0.25) is 10.0 Å². The Balaban J connectivity index is 2.40. The largest absolute Gasteiger partial charge is 0.359 e. The smallest absolute Gasteiger partial charge is 0.154 e. The van der Waals surface area contributed by atoms with E-state index < -0.39 is 0 Å². The van der Waals surface area contributed by atoms with E-state index in [2.05, 4.69) is 5.16 Å². The first-order chi connectivity index (χ1) is 8.11. The summed E-state index contributed by atoms with van der Waals surface area (Å²) in [5, 5.41) is 5.15. The van der Waals surface area contributed by atoms with E-state index in [4.69, 9.17) is 33.5 Å². The highest BCUT2D eigenvalue weighted by Gasteiger charge is 2.14. The minimum atomic E-state index is -0.144. The minimum Gasteiger partial charge on any atom is -0.359 e.